The van der Waals surface area contributed by atoms with Crippen molar-refractivity contribution in [3.63, 3.8) is 0 Å². The molecule has 0 amide bonds. The first kappa shape index (κ1) is 8.72. The summed E-state index contributed by atoms with van der Waals surface area (Å²) in [6.45, 7) is 6.99. The molecule has 0 aromatic rings. The molecule has 64 valence electrons. The monoisotopic (exact) mass is 157 g/mol. The minimum Gasteiger partial charge on any atom is -0.303 e. The summed E-state index contributed by atoms with van der Waals surface area (Å²) in [5, 5.41) is 0. The number of nitrogens with zero attached hydrogens (tertiary/aromatic N) is 1. The van der Waals surface area contributed by atoms with Gasteiger partial charge in [-0.3, -0.25) is 0 Å². The minimum atomic E-state index is -1.12. The van der Waals surface area contributed by atoms with E-state index in [0.29, 0.717) is 18.5 Å². The number of piperidine rings is 1. The Bertz CT molecular complexity index is 167. The van der Waals surface area contributed by atoms with Crippen LogP contribution in [-0.4, -0.2) is 30.7 Å². The number of likely N-dealkylation sites (tertiary alicyclic amines) is 1. The number of hydrogen-bond donors (Lipinski definition) is 0. The van der Waals surface area contributed by atoms with Gasteiger partial charge in [0.1, 0.15) is 5.67 Å². The largest absolute Gasteiger partial charge is 0.303 e. The van der Waals surface area contributed by atoms with Gasteiger partial charge in [0.15, 0.2) is 0 Å². The average molecular weight is 157 g/mol. The van der Waals surface area contributed by atoms with Gasteiger partial charge in [-0.15, -0.1) is 0 Å². The van der Waals surface area contributed by atoms with E-state index in [-0.39, 0.29) is 0 Å². The molecule has 0 aliphatic carbocycles. The maximum absolute atomic E-state index is 13.8. The van der Waals surface area contributed by atoms with Gasteiger partial charge in [0.05, 0.1) is 0 Å². The quantitative estimate of drug-likeness (QED) is 0.526. The Labute approximate surface area is 67.9 Å². The Morgan fingerprint density at radius 3 is 2.64 bits per heavy atom. The fraction of sp³-hybridized carbons (Fsp3) is 0.778. The maximum atomic E-state index is 13.8. The van der Waals surface area contributed by atoms with Gasteiger partial charge in [0, 0.05) is 6.54 Å². The number of rotatable bonds is 1. The van der Waals surface area contributed by atoms with Crippen LogP contribution in [0.25, 0.3) is 0 Å². The highest BCUT2D eigenvalue weighted by molar-refractivity contribution is 5.12. The molecule has 0 saturated carbocycles. The van der Waals surface area contributed by atoms with Crippen LogP contribution in [0.1, 0.15) is 19.8 Å². The molecule has 1 heterocycles. The first-order valence-corrected chi connectivity index (χ1v) is 4.08. The van der Waals surface area contributed by atoms with E-state index in [1.54, 1.807) is 6.92 Å². The molecule has 1 unspecified atom stereocenters. The highest BCUT2D eigenvalue weighted by Gasteiger charge is 2.34. The van der Waals surface area contributed by atoms with Gasteiger partial charge in [-0.25, -0.2) is 4.39 Å². The van der Waals surface area contributed by atoms with E-state index in [4.69, 9.17) is 0 Å². The SMILES string of the molecule is C=C(C)C1(F)CCCN(C)C1. The van der Waals surface area contributed by atoms with Crippen molar-refractivity contribution in [2.75, 3.05) is 20.1 Å². The molecule has 1 aliphatic heterocycles. The lowest BCUT2D eigenvalue weighted by Crippen LogP contribution is -2.43. The van der Waals surface area contributed by atoms with E-state index in [0.717, 1.165) is 13.0 Å². The van der Waals surface area contributed by atoms with Crippen LogP contribution in [0.2, 0.25) is 0 Å². The molecule has 0 aromatic heterocycles. The van der Waals surface area contributed by atoms with E-state index in [1.165, 1.54) is 0 Å². The van der Waals surface area contributed by atoms with Gasteiger partial charge in [-0.2, -0.15) is 0 Å². The Balaban J connectivity index is 2.63. The number of halogens is 1. The molecule has 1 rings (SSSR count). The lowest BCUT2D eigenvalue weighted by Gasteiger charge is -2.35. The fourth-order valence-electron chi connectivity index (χ4n) is 1.56. The molecule has 0 spiro atoms. The molecule has 2 heteroatoms. The third-order valence-corrected chi connectivity index (χ3v) is 2.40. The summed E-state index contributed by atoms with van der Waals surface area (Å²) in [7, 11) is 1.95. The Morgan fingerprint density at radius 2 is 2.27 bits per heavy atom. The molecule has 1 aliphatic rings. The molecule has 1 atom stereocenters. The number of alkyl halides is 1. The molecular weight excluding hydrogens is 141 g/mol. The molecule has 1 fully saturated rings. The Kier molecular flexibility index (Phi) is 2.33. The third kappa shape index (κ3) is 1.80. The fourth-order valence-corrected chi connectivity index (χ4v) is 1.56. The maximum Gasteiger partial charge on any atom is 0.144 e. The highest BCUT2D eigenvalue weighted by atomic mass is 19.1. The summed E-state index contributed by atoms with van der Waals surface area (Å²) in [5.74, 6) is 0. The summed E-state index contributed by atoms with van der Waals surface area (Å²) in [6, 6.07) is 0. The third-order valence-electron chi connectivity index (χ3n) is 2.40. The van der Waals surface area contributed by atoms with Crippen LogP contribution in [0, 0.1) is 0 Å². The Morgan fingerprint density at radius 1 is 1.64 bits per heavy atom. The summed E-state index contributed by atoms with van der Waals surface area (Å²) in [6.07, 6.45) is 1.59. The summed E-state index contributed by atoms with van der Waals surface area (Å²) < 4.78 is 13.8. The molecule has 0 radical (unpaired) electrons. The second-order valence-corrected chi connectivity index (χ2v) is 3.59. The zero-order valence-corrected chi connectivity index (χ0v) is 7.36. The molecule has 1 saturated heterocycles. The van der Waals surface area contributed by atoms with E-state index in [1.807, 2.05) is 11.9 Å². The van der Waals surface area contributed by atoms with Crippen molar-refractivity contribution in [3.05, 3.63) is 12.2 Å². The average Bonchev–Trinajstić information content (AvgIpc) is 1.86. The van der Waals surface area contributed by atoms with Crippen molar-refractivity contribution in [2.24, 2.45) is 0 Å². The standard InChI is InChI=1S/C9H16FN/c1-8(2)9(10)5-4-6-11(3)7-9/h1,4-7H2,2-3H3. The smallest absolute Gasteiger partial charge is 0.144 e. The van der Waals surface area contributed by atoms with Gasteiger partial charge in [0.25, 0.3) is 0 Å². The predicted octanol–water partition coefficient (Wildman–Crippen LogP) is 2.00. The van der Waals surface area contributed by atoms with Crippen LogP contribution >= 0.6 is 0 Å². The molecule has 0 N–H and O–H groups in total. The molecular formula is C9H16FN. The van der Waals surface area contributed by atoms with Gasteiger partial charge in [-0.1, -0.05) is 6.58 Å². The highest BCUT2D eigenvalue weighted by Crippen LogP contribution is 2.30. The second-order valence-electron chi connectivity index (χ2n) is 3.59. The van der Waals surface area contributed by atoms with Gasteiger partial charge >= 0.3 is 0 Å². The molecule has 1 nitrogen and oxygen atoms in total. The molecule has 11 heavy (non-hydrogen) atoms. The van der Waals surface area contributed by atoms with Crippen LogP contribution in [0.5, 0.6) is 0 Å². The zero-order chi connectivity index (χ0) is 8.48. The van der Waals surface area contributed by atoms with Crippen molar-refractivity contribution < 1.29 is 4.39 Å². The zero-order valence-electron chi connectivity index (χ0n) is 7.36. The summed E-state index contributed by atoms with van der Waals surface area (Å²) in [5.41, 5.74) is -0.448. The van der Waals surface area contributed by atoms with Gasteiger partial charge < -0.3 is 4.90 Å². The first-order chi connectivity index (χ1) is 5.04. The molecule has 0 aromatic carbocycles. The van der Waals surface area contributed by atoms with Crippen LogP contribution in [0.15, 0.2) is 12.2 Å². The summed E-state index contributed by atoms with van der Waals surface area (Å²) in [4.78, 5) is 2.03. The summed E-state index contributed by atoms with van der Waals surface area (Å²) >= 11 is 0. The minimum absolute atomic E-state index is 0.516. The van der Waals surface area contributed by atoms with Crippen molar-refractivity contribution in [1.82, 2.24) is 4.90 Å². The van der Waals surface area contributed by atoms with Crippen LogP contribution < -0.4 is 0 Å². The second kappa shape index (κ2) is 2.94. The van der Waals surface area contributed by atoms with Crippen LogP contribution in [0.4, 0.5) is 4.39 Å². The van der Waals surface area contributed by atoms with Crippen molar-refractivity contribution >= 4 is 0 Å². The predicted molar refractivity (Wildman–Crippen MR) is 45.4 cm³/mol. The Hall–Kier alpha value is -0.370. The van der Waals surface area contributed by atoms with Crippen LogP contribution in [-0.2, 0) is 0 Å². The van der Waals surface area contributed by atoms with E-state index in [2.05, 4.69) is 6.58 Å². The lowest BCUT2D eigenvalue weighted by molar-refractivity contribution is 0.0910. The first-order valence-electron chi connectivity index (χ1n) is 4.08. The van der Waals surface area contributed by atoms with E-state index >= 15 is 0 Å². The van der Waals surface area contributed by atoms with E-state index < -0.39 is 5.67 Å². The van der Waals surface area contributed by atoms with E-state index in [9.17, 15) is 4.39 Å². The van der Waals surface area contributed by atoms with Gasteiger partial charge in [0.2, 0.25) is 0 Å². The lowest BCUT2D eigenvalue weighted by atomic mass is 9.89. The van der Waals surface area contributed by atoms with Crippen molar-refractivity contribution in [2.45, 2.75) is 25.4 Å². The van der Waals surface area contributed by atoms with Crippen molar-refractivity contribution in [1.29, 1.82) is 0 Å². The van der Waals surface area contributed by atoms with Crippen LogP contribution in [0.3, 0.4) is 0 Å². The topological polar surface area (TPSA) is 3.24 Å². The number of hydrogen-bond acceptors (Lipinski definition) is 1. The van der Waals surface area contributed by atoms with Crippen molar-refractivity contribution in [3.8, 4) is 0 Å². The molecule has 0 bridgehead atoms. The normalized spacial score (nSPS) is 33.7. The van der Waals surface area contributed by atoms with Gasteiger partial charge in [-0.05, 0) is 38.9 Å².